The third-order valence-electron chi connectivity index (χ3n) is 3.80. The van der Waals surface area contributed by atoms with Crippen molar-refractivity contribution in [2.45, 2.75) is 45.2 Å². The van der Waals surface area contributed by atoms with Gasteiger partial charge in [-0.2, -0.15) is 0 Å². The van der Waals surface area contributed by atoms with Crippen molar-refractivity contribution < 1.29 is 0 Å². The summed E-state index contributed by atoms with van der Waals surface area (Å²) in [5.41, 5.74) is -0.333. The van der Waals surface area contributed by atoms with Gasteiger partial charge in [-0.1, -0.05) is 18.8 Å². The molecule has 0 N–H and O–H groups in total. The van der Waals surface area contributed by atoms with Gasteiger partial charge < -0.3 is 4.57 Å². The standard InChI is InChI=1S/C14H16N4O2/c1-2-3-8-18-14(20)17-10-9-16(11-6-4-5-7-11)13(19)12(17)15-18/h9-11H,4-8H2,1H3. The zero-order chi connectivity index (χ0) is 14.1. The van der Waals surface area contributed by atoms with Gasteiger partial charge in [0.2, 0.25) is 5.65 Å². The maximum Gasteiger partial charge on any atom is 0.351 e. The summed E-state index contributed by atoms with van der Waals surface area (Å²) in [6.07, 6.45) is 7.65. The largest absolute Gasteiger partial charge is 0.351 e. The predicted octanol–water partition coefficient (Wildman–Crippen LogP) is 0.796. The highest BCUT2D eigenvalue weighted by molar-refractivity contribution is 5.33. The van der Waals surface area contributed by atoms with Crippen LogP contribution in [-0.4, -0.2) is 18.7 Å². The molecule has 6 heteroatoms. The van der Waals surface area contributed by atoms with Gasteiger partial charge in [0.1, 0.15) is 6.54 Å². The Balaban J connectivity index is 2.14. The highest BCUT2D eigenvalue weighted by atomic mass is 16.2. The van der Waals surface area contributed by atoms with E-state index >= 15 is 0 Å². The quantitative estimate of drug-likeness (QED) is 0.760. The van der Waals surface area contributed by atoms with Crippen LogP contribution in [0.25, 0.3) is 5.65 Å². The van der Waals surface area contributed by atoms with Crippen LogP contribution in [0.5, 0.6) is 0 Å². The first-order chi connectivity index (χ1) is 9.72. The first-order valence-corrected chi connectivity index (χ1v) is 6.82. The minimum absolute atomic E-state index is 0.183. The van der Waals surface area contributed by atoms with E-state index in [4.69, 9.17) is 0 Å². The van der Waals surface area contributed by atoms with Crippen LogP contribution in [0, 0.1) is 11.8 Å². The van der Waals surface area contributed by atoms with E-state index in [1.54, 1.807) is 23.9 Å². The first kappa shape index (κ1) is 12.7. The highest BCUT2D eigenvalue weighted by Gasteiger charge is 2.20. The summed E-state index contributed by atoms with van der Waals surface area (Å²) in [7, 11) is 0. The Hall–Kier alpha value is -2.29. The van der Waals surface area contributed by atoms with E-state index in [2.05, 4.69) is 16.9 Å². The van der Waals surface area contributed by atoms with Crippen LogP contribution < -0.4 is 11.2 Å². The molecule has 0 aromatic carbocycles. The van der Waals surface area contributed by atoms with Gasteiger partial charge in [0, 0.05) is 18.4 Å². The molecule has 2 aromatic heterocycles. The lowest BCUT2D eigenvalue weighted by Crippen LogP contribution is -2.26. The molecular weight excluding hydrogens is 256 g/mol. The SMILES string of the molecule is CC#CCn1nc2c(=O)n(C3CCCC3)ccn2c1=O. The molecule has 3 rings (SSSR count). The molecule has 2 aromatic rings. The monoisotopic (exact) mass is 272 g/mol. The number of rotatable bonds is 2. The molecule has 0 bridgehead atoms. The lowest BCUT2D eigenvalue weighted by atomic mass is 10.2. The van der Waals surface area contributed by atoms with Gasteiger partial charge in [0.25, 0.3) is 5.56 Å². The van der Waals surface area contributed by atoms with E-state index in [0.29, 0.717) is 0 Å². The summed E-state index contributed by atoms with van der Waals surface area (Å²) in [5, 5.41) is 4.11. The summed E-state index contributed by atoms with van der Waals surface area (Å²) in [6.45, 7) is 1.91. The Bertz CT molecular complexity index is 810. The molecule has 2 heterocycles. The van der Waals surface area contributed by atoms with Crippen molar-refractivity contribution in [1.82, 2.24) is 18.7 Å². The fourth-order valence-electron chi connectivity index (χ4n) is 2.75. The molecule has 6 nitrogen and oxygen atoms in total. The molecule has 104 valence electrons. The average molecular weight is 272 g/mol. The molecule has 0 radical (unpaired) electrons. The Kier molecular flexibility index (Phi) is 3.18. The second-order valence-corrected chi connectivity index (χ2v) is 5.01. The van der Waals surface area contributed by atoms with E-state index < -0.39 is 0 Å². The Morgan fingerprint density at radius 1 is 1.30 bits per heavy atom. The minimum Gasteiger partial charge on any atom is -0.308 e. The molecule has 0 spiro atoms. The van der Waals surface area contributed by atoms with E-state index in [1.807, 2.05) is 0 Å². The van der Waals surface area contributed by atoms with Crippen molar-refractivity contribution in [3.63, 3.8) is 0 Å². The second kappa shape index (κ2) is 5.00. The third-order valence-corrected chi connectivity index (χ3v) is 3.80. The topological polar surface area (TPSA) is 61.3 Å². The van der Waals surface area contributed by atoms with Crippen LogP contribution in [0.15, 0.2) is 22.0 Å². The number of hydrogen-bond donors (Lipinski definition) is 0. The van der Waals surface area contributed by atoms with Crippen LogP contribution in [0.4, 0.5) is 0 Å². The van der Waals surface area contributed by atoms with Gasteiger partial charge in [-0.3, -0.25) is 4.79 Å². The van der Waals surface area contributed by atoms with Gasteiger partial charge in [-0.05, 0) is 19.8 Å². The lowest BCUT2D eigenvalue weighted by Gasteiger charge is -2.12. The normalized spacial score (nSPS) is 15.4. The smallest absolute Gasteiger partial charge is 0.308 e. The summed E-state index contributed by atoms with van der Waals surface area (Å²) >= 11 is 0. The molecule has 1 aliphatic rings. The van der Waals surface area contributed by atoms with Crippen molar-refractivity contribution in [3.8, 4) is 11.8 Å². The van der Waals surface area contributed by atoms with Gasteiger partial charge in [-0.25, -0.2) is 13.9 Å². The van der Waals surface area contributed by atoms with Gasteiger partial charge in [-0.15, -0.1) is 11.0 Å². The van der Waals surface area contributed by atoms with Gasteiger partial charge in [0.15, 0.2) is 0 Å². The Morgan fingerprint density at radius 3 is 2.75 bits per heavy atom. The highest BCUT2D eigenvalue weighted by Crippen LogP contribution is 2.27. The molecule has 0 unspecified atom stereocenters. The molecule has 1 saturated carbocycles. The number of fused-ring (bicyclic) bond motifs is 1. The average Bonchev–Trinajstić information content (AvgIpc) is 3.07. The van der Waals surface area contributed by atoms with Crippen LogP contribution in [0.1, 0.15) is 38.6 Å². The minimum atomic E-state index is -0.321. The van der Waals surface area contributed by atoms with Crippen LogP contribution in [0.2, 0.25) is 0 Å². The van der Waals surface area contributed by atoms with Crippen molar-refractivity contribution in [2.75, 3.05) is 0 Å². The summed E-state index contributed by atoms with van der Waals surface area (Å²) in [4.78, 5) is 24.5. The lowest BCUT2D eigenvalue weighted by molar-refractivity contribution is 0.501. The van der Waals surface area contributed by atoms with E-state index in [1.165, 1.54) is 9.08 Å². The molecular formula is C14H16N4O2. The number of aromatic nitrogens is 4. The van der Waals surface area contributed by atoms with E-state index in [0.717, 1.165) is 25.7 Å². The fourth-order valence-corrected chi connectivity index (χ4v) is 2.75. The molecule has 0 atom stereocenters. The summed E-state index contributed by atoms with van der Waals surface area (Å²) in [6, 6.07) is 0.239. The van der Waals surface area contributed by atoms with Crippen molar-refractivity contribution in [2.24, 2.45) is 0 Å². The predicted molar refractivity (Wildman–Crippen MR) is 74.7 cm³/mol. The first-order valence-electron chi connectivity index (χ1n) is 6.82. The zero-order valence-electron chi connectivity index (χ0n) is 11.4. The Labute approximate surface area is 115 Å². The second-order valence-electron chi connectivity index (χ2n) is 5.01. The maximum absolute atomic E-state index is 12.4. The van der Waals surface area contributed by atoms with Gasteiger partial charge in [0.05, 0.1) is 0 Å². The van der Waals surface area contributed by atoms with Gasteiger partial charge >= 0.3 is 5.69 Å². The Morgan fingerprint density at radius 2 is 2.05 bits per heavy atom. The molecule has 0 aliphatic heterocycles. The zero-order valence-corrected chi connectivity index (χ0v) is 11.4. The summed E-state index contributed by atoms with van der Waals surface area (Å²) in [5.74, 6) is 5.50. The number of hydrogen-bond acceptors (Lipinski definition) is 3. The maximum atomic E-state index is 12.4. The van der Waals surface area contributed by atoms with Crippen LogP contribution in [-0.2, 0) is 6.54 Å². The van der Waals surface area contributed by atoms with E-state index in [-0.39, 0.29) is 29.5 Å². The van der Waals surface area contributed by atoms with Crippen LogP contribution >= 0.6 is 0 Å². The molecule has 1 fully saturated rings. The molecule has 0 amide bonds. The van der Waals surface area contributed by atoms with Crippen molar-refractivity contribution in [3.05, 3.63) is 33.2 Å². The molecule has 20 heavy (non-hydrogen) atoms. The van der Waals surface area contributed by atoms with Crippen molar-refractivity contribution in [1.29, 1.82) is 0 Å². The third kappa shape index (κ3) is 1.95. The summed E-state index contributed by atoms with van der Waals surface area (Å²) < 4.78 is 4.24. The fraction of sp³-hybridized carbons (Fsp3) is 0.500. The number of nitrogens with zero attached hydrogens (tertiary/aromatic N) is 4. The van der Waals surface area contributed by atoms with E-state index in [9.17, 15) is 9.59 Å². The molecule has 1 aliphatic carbocycles. The van der Waals surface area contributed by atoms with Crippen molar-refractivity contribution >= 4 is 5.65 Å². The van der Waals surface area contributed by atoms with Crippen LogP contribution in [0.3, 0.4) is 0 Å². The molecule has 0 saturated heterocycles.